The van der Waals surface area contributed by atoms with E-state index in [1.165, 1.54) is 11.3 Å². The van der Waals surface area contributed by atoms with Gasteiger partial charge in [-0.3, -0.25) is 4.79 Å². The number of nitrogens with zero attached hydrogens (tertiary/aromatic N) is 5. The highest BCUT2D eigenvalue weighted by Gasteiger charge is 2.29. The molecule has 1 saturated carbocycles. The number of carbonyl (C=O) groups excluding carboxylic acids is 1. The van der Waals surface area contributed by atoms with Crippen LogP contribution in [0, 0.1) is 5.92 Å². The molecule has 0 aliphatic heterocycles. The van der Waals surface area contributed by atoms with E-state index in [9.17, 15) is 4.79 Å². The Balaban J connectivity index is 1.27. The highest BCUT2D eigenvalue weighted by molar-refractivity contribution is 7.22. The quantitative estimate of drug-likeness (QED) is 0.477. The number of anilines is 2. The third-order valence-electron chi connectivity index (χ3n) is 5.41. The van der Waals surface area contributed by atoms with Crippen molar-refractivity contribution in [2.45, 2.75) is 31.7 Å². The average molecular weight is 428 g/mol. The van der Waals surface area contributed by atoms with Gasteiger partial charge in [-0.1, -0.05) is 23.5 Å². The predicted molar refractivity (Wildman–Crippen MR) is 114 cm³/mol. The third kappa shape index (κ3) is 3.40. The number of hydrogen-bond donors (Lipinski definition) is 2. The summed E-state index contributed by atoms with van der Waals surface area (Å²) in [4.78, 5) is 29.8. The zero-order chi connectivity index (χ0) is 20.0. The largest absolute Gasteiger partial charge is 0.382 e. The molecule has 3 heterocycles. The molecule has 148 valence electrons. The second-order valence-corrected chi connectivity index (χ2v) is 8.55. The van der Waals surface area contributed by atoms with E-state index in [0.717, 1.165) is 35.9 Å². The fourth-order valence-electron chi connectivity index (χ4n) is 3.93. The molecule has 0 saturated heterocycles. The van der Waals surface area contributed by atoms with Crippen molar-refractivity contribution in [3.05, 3.63) is 35.9 Å². The van der Waals surface area contributed by atoms with Gasteiger partial charge < -0.3 is 15.6 Å². The first kappa shape index (κ1) is 18.3. The van der Waals surface area contributed by atoms with E-state index in [1.807, 2.05) is 28.8 Å². The number of nitrogens with one attached hydrogen (secondary N) is 1. The van der Waals surface area contributed by atoms with E-state index in [0.29, 0.717) is 16.3 Å². The van der Waals surface area contributed by atoms with Crippen molar-refractivity contribution in [2.24, 2.45) is 5.92 Å². The van der Waals surface area contributed by atoms with Crippen molar-refractivity contribution in [3.63, 3.8) is 0 Å². The van der Waals surface area contributed by atoms with Gasteiger partial charge >= 0.3 is 0 Å². The molecular formula is C19H18ClN7OS. The summed E-state index contributed by atoms with van der Waals surface area (Å²) in [5.74, 6) is 0.284. The maximum absolute atomic E-state index is 12.7. The lowest BCUT2D eigenvalue weighted by Gasteiger charge is -2.28. The van der Waals surface area contributed by atoms with Gasteiger partial charge in [0.25, 0.3) is 0 Å². The van der Waals surface area contributed by atoms with E-state index in [-0.39, 0.29) is 29.0 Å². The van der Waals surface area contributed by atoms with Gasteiger partial charge in [0.2, 0.25) is 11.2 Å². The van der Waals surface area contributed by atoms with Gasteiger partial charge in [0.15, 0.2) is 16.6 Å². The molecule has 8 nitrogen and oxygen atoms in total. The normalized spacial score (nSPS) is 19.6. The molecule has 10 heteroatoms. The van der Waals surface area contributed by atoms with Crippen molar-refractivity contribution >= 4 is 61.2 Å². The van der Waals surface area contributed by atoms with Gasteiger partial charge in [-0.05, 0) is 49.4 Å². The van der Waals surface area contributed by atoms with Crippen LogP contribution in [0.15, 0.2) is 30.6 Å². The molecule has 3 aromatic heterocycles. The number of nitrogens with two attached hydrogens (primary N) is 1. The first-order valence-electron chi connectivity index (χ1n) is 9.40. The number of benzene rings is 1. The minimum Gasteiger partial charge on any atom is -0.382 e. The van der Waals surface area contributed by atoms with E-state index in [4.69, 9.17) is 17.3 Å². The summed E-state index contributed by atoms with van der Waals surface area (Å²) in [5.41, 5.74) is 8.00. The number of nitrogen functional groups attached to an aromatic ring is 1. The predicted octanol–water partition coefficient (Wildman–Crippen LogP) is 4.04. The molecule has 1 fully saturated rings. The van der Waals surface area contributed by atoms with Crippen LogP contribution in [0.3, 0.4) is 0 Å². The number of fused-ring (bicyclic) bond motifs is 2. The minimum atomic E-state index is -0.0312. The summed E-state index contributed by atoms with van der Waals surface area (Å²) in [6.07, 6.45) is 5.01. The second kappa shape index (κ2) is 7.23. The molecule has 3 N–H and O–H groups in total. The van der Waals surface area contributed by atoms with Crippen LogP contribution in [-0.2, 0) is 4.79 Å². The molecule has 5 rings (SSSR count). The van der Waals surface area contributed by atoms with Crippen LogP contribution in [0.2, 0.25) is 5.28 Å². The van der Waals surface area contributed by atoms with Crippen LogP contribution >= 0.6 is 22.9 Å². The molecule has 0 atom stereocenters. The summed E-state index contributed by atoms with van der Waals surface area (Å²) in [6.45, 7) is 0. The molecule has 0 unspecified atom stereocenters. The van der Waals surface area contributed by atoms with Crippen molar-refractivity contribution in [3.8, 4) is 0 Å². The van der Waals surface area contributed by atoms with Gasteiger partial charge in [-0.25, -0.2) is 9.97 Å². The third-order valence-corrected chi connectivity index (χ3v) is 6.53. The maximum atomic E-state index is 12.7. The number of hydrogen-bond acceptors (Lipinski definition) is 7. The lowest BCUT2D eigenvalue weighted by molar-refractivity contribution is -0.120. The van der Waals surface area contributed by atoms with Crippen LogP contribution in [0.1, 0.15) is 31.7 Å². The summed E-state index contributed by atoms with van der Waals surface area (Å²) in [6, 6.07) is 8.08. The number of aromatic nitrogens is 5. The van der Waals surface area contributed by atoms with Gasteiger partial charge in [-0.2, -0.15) is 9.97 Å². The van der Waals surface area contributed by atoms with Crippen LogP contribution < -0.4 is 11.1 Å². The number of para-hydroxylation sites is 1. The van der Waals surface area contributed by atoms with Gasteiger partial charge in [0.05, 0.1) is 16.5 Å². The monoisotopic (exact) mass is 427 g/mol. The number of amides is 1. The summed E-state index contributed by atoms with van der Waals surface area (Å²) in [7, 11) is 0. The Morgan fingerprint density at radius 3 is 2.76 bits per heavy atom. The summed E-state index contributed by atoms with van der Waals surface area (Å²) >= 11 is 7.46. The van der Waals surface area contributed by atoms with Gasteiger partial charge in [0.1, 0.15) is 5.52 Å². The number of imidazole rings is 1. The molecule has 1 aliphatic rings. The van der Waals surface area contributed by atoms with E-state index >= 15 is 0 Å². The van der Waals surface area contributed by atoms with Crippen molar-refractivity contribution in [1.82, 2.24) is 24.5 Å². The van der Waals surface area contributed by atoms with Crippen LogP contribution in [-0.4, -0.2) is 30.4 Å². The number of rotatable bonds is 3. The molecule has 0 spiro atoms. The zero-order valence-electron chi connectivity index (χ0n) is 15.4. The molecule has 1 amide bonds. The SMILES string of the molecule is Nc1nc(Cl)nc2c1ncn2[C@H]1CC[C@@H](C(=O)Nc2nc3ccccc3s2)CC1. The van der Waals surface area contributed by atoms with Gasteiger partial charge in [0, 0.05) is 12.0 Å². The van der Waals surface area contributed by atoms with Crippen LogP contribution in [0.25, 0.3) is 21.4 Å². The molecule has 0 bridgehead atoms. The Hall–Kier alpha value is -2.78. The standard InChI is InChI=1S/C19H18ClN7OS/c20-18-24-15(21)14-16(25-18)27(9-22-14)11-7-5-10(6-8-11)17(28)26-19-23-12-3-1-2-4-13(12)29-19/h1-4,9-11H,5-8H2,(H2,21,24,25)(H,23,26,28)/t10-,11+. The Morgan fingerprint density at radius 2 is 1.97 bits per heavy atom. The maximum Gasteiger partial charge on any atom is 0.229 e. The lowest BCUT2D eigenvalue weighted by Crippen LogP contribution is -2.28. The molecule has 1 aliphatic carbocycles. The first-order valence-corrected chi connectivity index (χ1v) is 10.6. The molecule has 0 radical (unpaired) electrons. The van der Waals surface area contributed by atoms with E-state index in [2.05, 4.69) is 25.3 Å². The highest BCUT2D eigenvalue weighted by atomic mass is 35.5. The number of thiazole rings is 1. The van der Waals surface area contributed by atoms with E-state index in [1.54, 1.807) is 6.33 Å². The van der Waals surface area contributed by atoms with Crippen LogP contribution in [0.5, 0.6) is 0 Å². The number of halogens is 1. The van der Waals surface area contributed by atoms with Crippen molar-refractivity contribution < 1.29 is 4.79 Å². The molecule has 1 aromatic carbocycles. The lowest BCUT2D eigenvalue weighted by atomic mass is 9.85. The van der Waals surface area contributed by atoms with Crippen molar-refractivity contribution in [2.75, 3.05) is 11.1 Å². The fourth-order valence-corrected chi connectivity index (χ4v) is 4.97. The topological polar surface area (TPSA) is 112 Å². The zero-order valence-corrected chi connectivity index (χ0v) is 17.0. The molecular weight excluding hydrogens is 410 g/mol. The van der Waals surface area contributed by atoms with E-state index < -0.39 is 0 Å². The Labute approximate surface area is 175 Å². The Morgan fingerprint density at radius 1 is 1.17 bits per heavy atom. The summed E-state index contributed by atoms with van der Waals surface area (Å²) < 4.78 is 3.07. The first-order chi connectivity index (χ1) is 14.1. The van der Waals surface area contributed by atoms with Crippen molar-refractivity contribution in [1.29, 1.82) is 0 Å². The average Bonchev–Trinajstić information content (AvgIpc) is 3.31. The highest BCUT2D eigenvalue weighted by Crippen LogP contribution is 2.35. The van der Waals surface area contributed by atoms with Crippen LogP contribution in [0.4, 0.5) is 10.9 Å². The molecule has 29 heavy (non-hydrogen) atoms. The Bertz CT molecular complexity index is 1180. The van der Waals surface area contributed by atoms with Gasteiger partial charge in [-0.15, -0.1) is 0 Å². The summed E-state index contributed by atoms with van der Waals surface area (Å²) in [5, 5.41) is 3.76. The minimum absolute atomic E-state index is 0.0312. The second-order valence-electron chi connectivity index (χ2n) is 7.18. The Kier molecular flexibility index (Phi) is 4.56. The number of carbonyl (C=O) groups is 1. The fraction of sp³-hybridized carbons (Fsp3) is 0.316. The molecule has 4 aromatic rings. The smallest absolute Gasteiger partial charge is 0.229 e.